The van der Waals surface area contributed by atoms with Crippen molar-refractivity contribution in [3.8, 4) is 0 Å². The third kappa shape index (κ3) is 2.45. The fourth-order valence-corrected chi connectivity index (χ4v) is 3.19. The molecule has 1 N–H and O–H groups in total. The molecule has 0 aliphatic carbocycles. The molecule has 0 spiro atoms. The number of aromatic carboxylic acids is 1. The third-order valence-electron chi connectivity index (χ3n) is 3.60. The van der Waals surface area contributed by atoms with Crippen molar-refractivity contribution in [3.63, 3.8) is 0 Å². The lowest BCUT2D eigenvalue weighted by Gasteiger charge is -2.13. The number of rotatable bonds is 4. The molecule has 21 heavy (non-hydrogen) atoms. The van der Waals surface area contributed by atoms with E-state index in [9.17, 15) is 9.90 Å². The van der Waals surface area contributed by atoms with E-state index in [1.807, 2.05) is 22.1 Å². The van der Waals surface area contributed by atoms with Crippen LogP contribution in [0.5, 0.6) is 0 Å². The number of carboxylic acids is 1. The van der Waals surface area contributed by atoms with Crippen molar-refractivity contribution >= 4 is 28.2 Å². The largest absolute Gasteiger partial charge is 0.477 e. The minimum Gasteiger partial charge on any atom is -0.477 e. The summed E-state index contributed by atoms with van der Waals surface area (Å²) in [6, 6.07) is 7.76. The fraction of sp³-hybridized carbons (Fsp3) is 0.250. The van der Waals surface area contributed by atoms with Crippen molar-refractivity contribution in [2.75, 3.05) is 0 Å². The first-order chi connectivity index (χ1) is 10.1. The van der Waals surface area contributed by atoms with Gasteiger partial charge in [-0.3, -0.25) is 0 Å². The first kappa shape index (κ1) is 13.8. The zero-order valence-electron chi connectivity index (χ0n) is 11.9. The van der Waals surface area contributed by atoms with E-state index in [1.54, 1.807) is 11.6 Å². The predicted octanol–water partition coefficient (Wildman–Crippen LogP) is 3.97. The second-order valence-corrected chi connectivity index (χ2v) is 6.06. The summed E-state index contributed by atoms with van der Waals surface area (Å²) in [5.41, 5.74) is 5.13. The summed E-state index contributed by atoms with van der Waals surface area (Å²) in [7, 11) is 0. The van der Waals surface area contributed by atoms with E-state index in [1.165, 1.54) is 11.3 Å². The van der Waals surface area contributed by atoms with Crippen LogP contribution >= 0.6 is 11.3 Å². The van der Waals surface area contributed by atoms with Gasteiger partial charge >= 0.3 is 5.97 Å². The summed E-state index contributed by atoms with van der Waals surface area (Å²) in [4.78, 5) is 15.8. The Balaban J connectivity index is 2.27. The van der Waals surface area contributed by atoms with Gasteiger partial charge in [-0.25, -0.2) is 9.78 Å². The smallest absolute Gasteiger partial charge is 0.352 e. The average Bonchev–Trinajstić information content (AvgIpc) is 3.07. The van der Waals surface area contributed by atoms with E-state index < -0.39 is 5.97 Å². The molecule has 0 saturated carbocycles. The van der Waals surface area contributed by atoms with E-state index >= 15 is 0 Å². The van der Waals surface area contributed by atoms with Gasteiger partial charge in [0.05, 0.1) is 23.3 Å². The molecule has 0 atom stereocenters. The van der Waals surface area contributed by atoms with E-state index in [2.05, 4.69) is 24.9 Å². The van der Waals surface area contributed by atoms with Crippen LogP contribution in [-0.2, 0) is 6.54 Å². The van der Waals surface area contributed by atoms with Crippen LogP contribution in [0.1, 0.15) is 41.5 Å². The molecule has 3 aromatic rings. The van der Waals surface area contributed by atoms with Gasteiger partial charge in [-0.15, -0.1) is 11.3 Å². The summed E-state index contributed by atoms with van der Waals surface area (Å²) in [5, 5.41) is 12.4. The second kappa shape index (κ2) is 5.33. The van der Waals surface area contributed by atoms with Gasteiger partial charge in [0.25, 0.3) is 0 Å². The van der Waals surface area contributed by atoms with E-state index in [0.717, 1.165) is 22.2 Å². The molecule has 0 aliphatic heterocycles. The number of nitrogens with zero attached hydrogens (tertiary/aromatic N) is 2. The summed E-state index contributed by atoms with van der Waals surface area (Å²) in [5.74, 6) is -0.574. The van der Waals surface area contributed by atoms with Crippen LogP contribution in [0.3, 0.4) is 0 Å². The Morgan fingerprint density at radius 3 is 2.86 bits per heavy atom. The standard InChI is InChI=1S/C16H16N2O2S/c1-10(2)13-5-3-4-11-6-14(16(19)20)18(15(11)13)7-12-8-21-9-17-12/h3-6,8-10H,7H2,1-2H3,(H,19,20). The fourth-order valence-electron chi connectivity index (χ4n) is 2.64. The number of benzene rings is 1. The highest BCUT2D eigenvalue weighted by Crippen LogP contribution is 2.29. The van der Waals surface area contributed by atoms with Crippen molar-refractivity contribution in [3.05, 3.63) is 52.1 Å². The maximum absolute atomic E-state index is 11.6. The minimum atomic E-state index is -0.906. The second-order valence-electron chi connectivity index (χ2n) is 5.34. The van der Waals surface area contributed by atoms with Crippen LogP contribution in [0.25, 0.3) is 10.9 Å². The molecule has 2 heterocycles. The highest BCUT2D eigenvalue weighted by molar-refractivity contribution is 7.07. The van der Waals surface area contributed by atoms with Crippen molar-refractivity contribution in [1.82, 2.24) is 9.55 Å². The molecule has 108 valence electrons. The van der Waals surface area contributed by atoms with Gasteiger partial charge < -0.3 is 9.67 Å². The molecule has 0 unspecified atom stereocenters. The van der Waals surface area contributed by atoms with Gasteiger partial charge in [0, 0.05) is 10.8 Å². The molecule has 3 rings (SSSR count). The third-order valence-corrected chi connectivity index (χ3v) is 4.23. The number of hydrogen-bond donors (Lipinski definition) is 1. The van der Waals surface area contributed by atoms with E-state index in [4.69, 9.17) is 0 Å². The maximum atomic E-state index is 11.6. The van der Waals surface area contributed by atoms with Crippen LogP contribution < -0.4 is 0 Å². The lowest BCUT2D eigenvalue weighted by molar-refractivity contribution is 0.0686. The minimum absolute atomic E-state index is 0.311. The summed E-state index contributed by atoms with van der Waals surface area (Å²) >= 11 is 1.52. The van der Waals surface area contributed by atoms with Crippen molar-refractivity contribution < 1.29 is 9.90 Å². The molecule has 1 aromatic carbocycles. The average molecular weight is 300 g/mol. The Hall–Kier alpha value is -2.14. The maximum Gasteiger partial charge on any atom is 0.352 e. The quantitative estimate of drug-likeness (QED) is 0.793. The first-order valence-corrected chi connectivity index (χ1v) is 7.74. The van der Waals surface area contributed by atoms with Crippen molar-refractivity contribution in [2.24, 2.45) is 0 Å². The predicted molar refractivity (Wildman–Crippen MR) is 84.2 cm³/mol. The van der Waals surface area contributed by atoms with Crippen molar-refractivity contribution in [2.45, 2.75) is 26.3 Å². The van der Waals surface area contributed by atoms with Crippen LogP contribution in [0.4, 0.5) is 0 Å². The number of thiazole rings is 1. The molecule has 0 aliphatic rings. The number of para-hydroxylation sites is 1. The SMILES string of the molecule is CC(C)c1cccc2cc(C(=O)O)n(Cc3cscn3)c12. The molecular weight excluding hydrogens is 284 g/mol. The molecule has 4 nitrogen and oxygen atoms in total. The van der Waals surface area contributed by atoms with Crippen molar-refractivity contribution in [1.29, 1.82) is 0 Å². The topological polar surface area (TPSA) is 55.1 Å². The van der Waals surface area contributed by atoms with Gasteiger partial charge in [-0.05, 0) is 17.5 Å². The van der Waals surface area contributed by atoms with Crippen LogP contribution in [0.15, 0.2) is 35.2 Å². The Labute approximate surface area is 126 Å². The molecule has 0 amide bonds. The lowest BCUT2D eigenvalue weighted by atomic mass is 10.0. The molecule has 2 aromatic heterocycles. The van der Waals surface area contributed by atoms with Gasteiger partial charge in [-0.2, -0.15) is 0 Å². The molecule has 0 saturated heterocycles. The van der Waals surface area contributed by atoms with E-state index in [0.29, 0.717) is 18.2 Å². The highest BCUT2D eigenvalue weighted by atomic mass is 32.1. The number of aromatic nitrogens is 2. The molecule has 0 radical (unpaired) electrons. The zero-order chi connectivity index (χ0) is 15.0. The summed E-state index contributed by atoms with van der Waals surface area (Å²) in [6.45, 7) is 4.73. The normalized spacial score (nSPS) is 11.4. The Morgan fingerprint density at radius 2 is 2.24 bits per heavy atom. The van der Waals surface area contributed by atoms with Gasteiger partial charge in [0.2, 0.25) is 0 Å². The molecule has 0 bridgehead atoms. The Morgan fingerprint density at radius 1 is 1.43 bits per heavy atom. The van der Waals surface area contributed by atoms with E-state index in [-0.39, 0.29) is 0 Å². The van der Waals surface area contributed by atoms with Gasteiger partial charge in [0.15, 0.2) is 0 Å². The number of carboxylic acid groups (broad SMARTS) is 1. The summed E-state index contributed by atoms with van der Waals surface area (Å²) in [6.07, 6.45) is 0. The Kier molecular flexibility index (Phi) is 3.51. The van der Waals surface area contributed by atoms with Gasteiger partial charge in [0.1, 0.15) is 5.69 Å². The number of fused-ring (bicyclic) bond motifs is 1. The summed E-state index contributed by atoms with van der Waals surface area (Å²) < 4.78 is 1.86. The monoisotopic (exact) mass is 300 g/mol. The first-order valence-electron chi connectivity index (χ1n) is 6.80. The Bertz CT molecular complexity index is 788. The number of carbonyl (C=O) groups is 1. The molecule has 0 fully saturated rings. The molecular formula is C16H16N2O2S. The van der Waals surface area contributed by atoms with Crippen LogP contribution in [-0.4, -0.2) is 20.6 Å². The lowest BCUT2D eigenvalue weighted by Crippen LogP contribution is -2.10. The zero-order valence-corrected chi connectivity index (χ0v) is 12.7. The molecule has 5 heteroatoms. The number of hydrogen-bond acceptors (Lipinski definition) is 3. The van der Waals surface area contributed by atoms with Crippen LogP contribution in [0, 0.1) is 0 Å². The van der Waals surface area contributed by atoms with Gasteiger partial charge in [-0.1, -0.05) is 32.0 Å². The highest BCUT2D eigenvalue weighted by Gasteiger charge is 2.18. The van der Waals surface area contributed by atoms with Crippen LogP contribution in [0.2, 0.25) is 0 Å².